The zero-order valence-corrected chi connectivity index (χ0v) is 17.1. The topological polar surface area (TPSA) is 76.8 Å². The molecular formula is C21H18F3NO5S. The molecular weight excluding hydrogens is 435 g/mol. The van der Waals surface area contributed by atoms with Gasteiger partial charge in [-0.05, 0) is 48.0 Å². The number of carbonyl (C=O) groups excluding carboxylic acids is 1. The van der Waals surface area contributed by atoms with Crippen LogP contribution in [0.4, 0.5) is 13.2 Å². The highest BCUT2D eigenvalue weighted by atomic mass is 32.2. The zero-order chi connectivity index (χ0) is 22.6. The fourth-order valence-electron chi connectivity index (χ4n) is 2.79. The van der Waals surface area contributed by atoms with Gasteiger partial charge in [0, 0.05) is 13.5 Å². The van der Waals surface area contributed by atoms with Gasteiger partial charge in [-0.2, -0.15) is 21.6 Å². The van der Waals surface area contributed by atoms with Gasteiger partial charge < -0.3 is 13.5 Å². The predicted molar refractivity (Wildman–Crippen MR) is 104 cm³/mol. The molecule has 0 aliphatic carbocycles. The lowest BCUT2D eigenvalue weighted by Gasteiger charge is -2.20. The number of amides is 1. The molecule has 0 saturated carbocycles. The molecule has 10 heteroatoms. The number of furan rings is 1. The summed E-state index contributed by atoms with van der Waals surface area (Å²) in [5.41, 5.74) is -0.528. The van der Waals surface area contributed by atoms with Crippen LogP contribution < -0.4 is 4.18 Å². The lowest BCUT2D eigenvalue weighted by molar-refractivity contribution is -0.137. The van der Waals surface area contributed by atoms with E-state index in [4.69, 9.17) is 8.60 Å². The third-order valence-corrected chi connectivity index (χ3v) is 5.54. The summed E-state index contributed by atoms with van der Waals surface area (Å²) in [6, 6.07) is 12.7. The number of halogens is 3. The number of nitrogens with zero attached hydrogens (tertiary/aromatic N) is 1. The van der Waals surface area contributed by atoms with E-state index in [-0.39, 0.29) is 24.7 Å². The van der Waals surface area contributed by atoms with Crippen molar-refractivity contribution >= 4 is 16.0 Å². The van der Waals surface area contributed by atoms with Crippen LogP contribution >= 0.6 is 0 Å². The normalized spacial score (nSPS) is 11.9. The average Bonchev–Trinajstić information content (AvgIpc) is 3.20. The van der Waals surface area contributed by atoms with Gasteiger partial charge in [0.25, 0.3) is 0 Å². The summed E-state index contributed by atoms with van der Waals surface area (Å²) in [6.45, 7) is 1.76. The molecule has 0 bridgehead atoms. The molecule has 6 nitrogen and oxygen atoms in total. The van der Waals surface area contributed by atoms with Gasteiger partial charge in [0.05, 0.1) is 18.4 Å². The van der Waals surface area contributed by atoms with Crippen LogP contribution in [-0.4, -0.2) is 19.2 Å². The first-order valence-electron chi connectivity index (χ1n) is 9.03. The molecule has 0 aliphatic rings. The van der Waals surface area contributed by atoms with E-state index >= 15 is 0 Å². The van der Waals surface area contributed by atoms with Gasteiger partial charge in [0.15, 0.2) is 0 Å². The first kappa shape index (κ1) is 22.4. The van der Waals surface area contributed by atoms with Crippen LogP contribution in [0.15, 0.2) is 76.2 Å². The Balaban J connectivity index is 1.79. The Morgan fingerprint density at radius 2 is 1.77 bits per heavy atom. The summed E-state index contributed by atoms with van der Waals surface area (Å²) < 4.78 is 73.9. The second-order valence-corrected chi connectivity index (χ2v) is 8.21. The van der Waals surface area contributed by atoms with E-state index < -0.39 is 26.8 Å². The van der Waals surface area contributed by atoms with Crippen molar-refractivity contribution in [2.75, 3.05) is 0 Å². The molecule has 1 heterocycles. The number of benzene rings is 2. The molecule has 0 unspecified atom stereocenters. The monoisotopic (exact) mass is 453 g/mol. The third kappa shape index (κ3) is 5.88. The van der Waals surface area contributed by atoms with E-state index in [0.717, 1.165) is 18.2 Å². The minimum atomic E-state index is -4.68. The first-order chi connectivity index (χ1) is 14.5. The molecule has 0 atom stereocenters. The molecule has 31 heavy (non-hydrogen) atoms. The Bertz CT molecular complexity index is 1160. The number of rotatable bonds is 7. The van der Waals surface area contributed by atoms with Crippen molar-refractivity contribution < 1.29 is 35.0 Å². The van der Waals surface area contributed by atoms with E-state index in [9.17, 15) is 26.4 Å². The SMILES string of the molecule is CC(=O)N(Cc1cccc(OS(=O)(=O)c2cccc(C(F)(F)F)c2)c1)Cc1ccco1. The van der Waals surface area contributed by atoms with Crippen LogP contribution in [0.3, 0.4) is 0 Å². The van der Waals surface area contributed by atoms with Gasteiger partial charge in [0.1, 0.15) is 16.4 Å². The fraction of sp³-hybridized carbons (Fsp3) is 0.190. The van der Waals surface area contributed by atoms with E-state index in [1.807, 2.05) is 0 Å². The highest BCUT2D eigenvalue weighted by Crippen LogP contribution is 2.31. The van der Waals surface area contributed by atoms with Crippen molar-refractivity contribution in [1.82, 2.24) is 4.90 Å². The van der Waals surface area contributed by atoms with E-state index in [0.29, 0.717) is 17.4 Å². The van der Waals surface area contributed by atoms with E-state index in [1.54, 1.807) is 18.2 Å². The number of carbonyl (C=O) groups is 1. The van der Waals surface area contributed by atoms with Crippen LogP contribution in [0, 0.1) is 0 Å². The second kappa shape index (κ2) is 8.84. The summed E-state index contributed by atoms with van der Waals surface area (Å²) >= 11 is 0. The fourth-order valence-corrected chi connectivity index (χ4v) is 3.76. The van der Waals surface area contributed by atoms with Gasteiger partial charge in [-0.15, -0.1) is 0 Å². The Morgan fingerprint density at radius 1 is 1.03 bits per heavy atom. The van der Waals surface area contributed by atoms with E-state index in [1.165, 1.54) is 36.3 Å². The standard InChI is InChI=1S/C21H18F3NO5S/c1-15(26)25(14-19-8-4-10-29-19)13-16-5-2-7-18(11-16)30-31(27,28)20-9-3-6-17(12-20)21(22,23)24/h2-12H,13-14H2,1H3. The first-order valence-corrected chi connectivity index (χ1v) is 10.4. The molecule has 1 amide bonds. The number of hydrogen-bond donors (Lipinski definition) is 0. The summed E-state index contributed by atoms with van der Waals surface area (Å²) in [5.74, 6) is 0.269. The van der Waals surface area contributed by atoms with Crippen LogP contribution in [0.1, 0.15) is 23.8 Å². The molecule has 3 rings (SSSR count). The van der Waals surface area contributed by atoms with Crippen LogP contribution in [0.25, 0.3) is 0 Å². The van der Waals surface area contributed by atoms with Crippen molar-refractivity contribution in [2.45, 2.75) is 31.1 Å². The van der Waals surface area contributed by atoms with Gasteiger partial charge in [-0.1, -0.05) is 18.2 Å². The molecule has 2 aromatic carbocycles. The van der Waals surface area contributed by atoms with Gasteiger partial charge in [-0.3, -0.25) is 4.79 Å². The Kier molecular flexibility index (Phi) is 6.40. The Morgan fingerprint density at radius 3 is 2.42 bits per heavy atom. The maximum absolute atomic E-state index is 12.9. The highest BCUT2D eigenvalue weighted by molar-refractivity contribution is 7.87. The molecule has 0 radical (unpaired) electrons. The third-order valence-electron chi connectivity index (χ3n) is 4.30. The molecule has 3 aromatic rings. The summed E-state index contributed by atoms with van der Waals surface area (Å²) in [4.78, 5) is 12.8. The molecule has 0 spiro atoms. The van der Waals surface area contributed by atoms with Crippen molar-refractivity contribution in [2.24, 2.45) is 0 Å². The molecule has 0 N–H and O–H groups in total. The lowest BCUT2D eigenvalue weighted by atomic mass is 10.2. The molecule has 164 valence electrons. The van der Waals surface area contributed by atoms with Gasteiger partial charge in [0.2, 0.25) is 5.91 Å². The average molecular weight is 453 g/mol. The highest BCUT2D eigenvalue weighted by Gasteiger charge is 2.32. The number of alkyl halides is 3. The Labute approximate surface area is 177 Å². The largest absolute Gasteiger partial charge is 0.467 e. The van der Waals surface area contributed by atoms with Crippen LogP contribution in [0.5, 0.6) is 5.75 Å². The van der Waals surface area contributed by atoms with Crippen molar-refractivity contribution in [3.63, 3.8) is 0 Å². The van der Waals surface area contributed by atoms with Crippen molar-refractivity contribution in [3.8, 4) is 5.75 Å². The second-order valence-electron chi connectivity index (χ2n) is 6.66. The minimum absolute atomic E-state index is 0.0867. The quantitative estimate of drug-likeness (QED) is 0.488. The molecule has 0 saturated heterocycles. The van der Waals surface area contributed by atoms with Gasteiger partial charge in [-0.25, -0.2) is 0 Å². The lowest BCUT2D eigenvalue weighted by Crippen LogP contribution is -2.27. The minimum Gasteiger partial charge on any atom is -0.467 e. The van der Waals surface area contributed by atoms with Gasteiger partial charge >= 0.3 is 16.3 Å². The zero-order valence-electron chi connectivity index (χ0n) is 16.3. The van der Waals surface area contributed by atoms with Crippen LogP contribution in [0.2, 0.25) is 0 Å². The van der Waals surface area contributed by atoms with Crippen LogP contribution in [-0.2, 0) is 34.2 Å². The summed E-state index contributed by atoms with van der Waals surface area (Å²) in [7, 11) is -4.49. The maximum Gasteiger partial charge on any atom is 0.416 e. The smallest absolute Gasteiger partial charge is 0.416 e. The Hall–Kier alpha value is -3.27. The molecule has 0 aliphatic heterocycles. The molecule has 1 aromatic heterocycles. The number of hydrogen-bond acceptors (Lipinski definition) is 5. The van der Waals surface area contributed by atoms with Crippen molar-refractivity contribution in [3.05, 3.63) is 83.8 Å². The predicted octanol–water partition coefficient (Wildman–Crippen LogP) is 4.61. The summed E-state index contributed by atoms with van der Waals surface area (Å²) in [6.07, 6.45) is -3.20. The van der Waals surface area contributed by atoms with E-state index in [2.05, 4.69) is 0 Å². The van der Waals surface area contributed by atoms with Crippen molar-refractivity contribution in [1.29, 1.82) is 0 Å². The maximum atomic E-state index is 12.9. The summed E-state index contributed by atoms with van der Waals surface area (Å²) in [5, 5.41) is 0. The molecule has 0 fully saturated rings.